The van der Waals surface area contributed by atoms with Crippen LogP contribution in [0.4, 0.5) is 16.2 Å². The maximum absolute atomic E-state index is 12.7. The van der Waals surface area contributed by atoms with E-state index < -0.39 is 16.1 Å². The molecule has 3 rings (SSSR count). The first-order valence-electron chi connectivity index (χ1n) is 10.3. The molecule has 0 spiro atoms. The van der Waals surface area contributed by atoms with Crippen LogP contribution in [0.2, 0.25) is 0 Å². The number of nitrogens with zero attached hydrogens (tertiary/aromatic N) is 2. The average molecular weight is 447 g/mol. The second-order valence-corrected chi connectivity index (χ2v) is 9.75. The first kappa shape index (κ1) is 22.9. The number of hydrogen-bond acceptors (Lipinski definition) is 5. The molecule has 0 radical (unpaired) electrons. The van der Waals surface area contributed by atoms with Gasteiger partial charge < -0.3 is 20.3 Å². The third-order valence-electron chi connectivity index (χ3n) is 5.19. The quantitative estimate of drug-likeness (QED) is 0.682. The van der Waals surface area contributed by atoms with Crippen LogP contribution in [0.5, 0.6) is 5.75 Å². The molecule has 2 amide bonds. The Morgan fingerprint density at radius 3 is 2.19 bits per heavy atom. The van der Waals surface area contributed by atoms with Crippen molar-refractivity contribution in [3.8, 4) is 5.75 Å². The SMILES string of the molecule is COc1ccc(N2CCN(S(=O)(=O)CCNC(=O)Nc3cc(C)cc(C)c3)CC2)cc1. The molecule has 0 bridgehead atoms. The number of sulfonamides is 1. The number of urea groups is 1. The number of piperazine rings is 1. The van der Waals surface area contributed by atoms with Crippen LogP contribution in [0.25, 0.3) is 0 Å². The fraction of sp³-hybridized carbons (Fsp3) is 0.409. The van der Waals surface area contributed by atoms with E-state index in [2.05, 4.69) is 15.5 Å². The van der Waals surface area contributed by atoms with Crippen LogP contribution in [0.1, 0.15) is 11.1 Å². The summed E-state index contributed by atoms with van der Waals surface area (Å²) in [5.74, 6) is 0.662. The van der Waals surface area contributed by atoms with Gasteiger partial charge in [0.15, 0.2) is 0 Å². The van der Waals surface area contributed by atoms with Crippen LogP contribution < -0.4 is 20.3 Å². The molecule has 0 aliphatic carbocycles. The Bertz CT molecular complexity index is 980. The molecule has 0 aromatic heterocycles. The highest BCUT2D eigenvalue weighted by Crippen LogP contribution is 2.21. The molecule has 2 N–H and O–H groups in total. The van der Waals surface area contributed by atoms with Crippen molar-refractivity contribution in [3.05, 3.63) is 53.6 Å². The summed E-state index contributed by atoms with van der Waals surface area (Å²) in [5.41, 5.74) is 3.83. The van der Waals surface area contributed by atoms with Gasteiger partial charge in [-0.2, -0.15) is 4.31 Å². The van der Waals surface area contributed by atoms with Crippen molar-refractivity contribution in [1.82, 2.24) is 9.62 Å². The Kier molecular flexibility index (Phi) is 7.40. The van der Waals surface area contributed by atoms with Crippen molar-refractivity contribution in [1.29, 1.82) is 0 Å². The van der Waals surface area contributed by atoms with Gasteiger partial charge in [0.2, 0.25) is 10.0 Å². The molecule has 168 valence electrons. The monoisotopic (exact) mass is 446 g/mol. The van der Waals surface area contributed by atoms with Gasteiger partial charge in [-0.05, 0) is 61.4 Å². The Morgan fingerprint density at radius 1 is 1.00 bits per heavy atom. The summed E-state index contributed by atoms with van der Waals surface area (Å²) >= 11 is 0. The summed E-state index contributed by atoms with van der Waals surface area (Å²) in [4.78, 5) is 14.3. The van der Waals surface area contributed by atoms with Crippen molar-refractivity contribution < 1.29 is 17.9 Å². The van der Waals surface area contributed by atoms with E-state index in [9.17, 15) is 13.2 Å². The number of methoxy groups -OCH3 is 1. The minimum absolute atomic E-state index is 0.0532. The largest absolute Gasteiger partial charge is 0.497 e. The van der Waals surface area contributed by atoms with E-state index >= 15 is 0 Å². The Morgan fingerprint density at radius 2 is 1.61 bits per heavy atom. The highest BCUT2D eigenvalue weighted by atomic mass is 32.2. The summed E-state index contributed by atoms with van der Waals surface area (Å²) in [6, 6.07) is 13.1. The van der Waals surface area contributed by atoms with Gasteiger partial charge in [0.25, 0.3) is 0 Å². The van der Waals surface area contributed by atoms with Gasteiger partial charge in [0, 0.05) is 44.1 Å². The third-order valence-corrected chi connectivity index (χ3v) is 7.07. The van der Waals surface area contributed by atoms with Crippen molar-refractivity contribution >= 4 is 27.4 Å². The highest BCUT2D eigenvalue weighted by molar-refractivity contribution is 7.89. The molecule has 0 atom stereocenters. The summed E-state index contributed by atoms with van der Waals surface area (Å²) in [6.07, 6.45) is 0. The lowest BCUT2D eigenvalue weighted by atomic mass is 10.1. The fourth-order valence-electron chi connectivity index (χ4n) is 3.66. The molecule has 0 saturated carbocycles. The van der Waals surface area contributed by atoms with Crippen molar-refractivity contribution in [3.63, 3.8) is 0 Å². The molecule has 2 aromatic carbocycles. The lowest BCUT2D eigenvalue weighted by Crippen LogP contribution is -2.50. The van der Waals surface area contributed by atoms with Gasteiger partial charge in [-0.1, -0.05) is 6.07 Å². The van der Waals surface area contributed by atoms with Crippen molar-refractivity contribution in [2.45, 2.75) is 13.8 Å². The van der Waals surface area contributed by atoms with E-state index in [4.69, 9.17) is 4.74 Å². The van der Waals surface area contributed by atoms with Crippen LogP contribution in [-0.4, -0.2) is 64.3 Å². The smallest absolute Gasteiger partial charge is 0.319 e. The van der Waals surface area contributed by atoms with E-state index in [1.54, 1.807) is 7.11 Å². The van der Waals surface area contributed by atoms with E-state index in [1.165, 1.54) is 4.31 Å². The lowest BCUT2D eigenvalue weighted by Gasteiger charge is -2.35. The van der Waals surface area contributed by atoms with Gasteiger partial charge in [0.1, 0.15) is 5.75 Å². The molecule has 9 heteroatoms. The van der Waals surface area contributed by atoms with Gasteiger partial charge >= 0.3 is 6.03 Å². The summed E-state index contributed by atoms with van der Waals surface area (Å²) < 4.78 is 32.0. The zero-order valence-electron chi connectivity index (χ0n) is 18.2. The molecule has 1 aliphatic heterocycles. The number of nitrogens with one attached hydrogen (secondary N) is 2. The Hall–Kier alpha value is -2.78. The van der Waals surface area contributed by atoms with E-state index in [0.717, 1.165) is 22.6 Å². The summed E-state index contributed by atoms with van der Waals surface area (Å²) in [7, 11) is -1.81. The minimum Gasteiger partial charge on any atom is -0.497 e. The number of carbonyl (C=O) groups excluding carboxylic acids is 1. The number of aryl methyl sites for hydroxylation is 2. The Balaban J connectivity index is 1.45. The highest BCUT2D eigenvalue weighted by Gasteiger charge is 2.26. The number of amides is 2. The maximum atomic E-state index is 12.7. The number of anilines is 2. The lowest BCUT2D eigenvalue weighted by molar-refractivity contribution is 0.252. The number of carbonyl (C=O) groups is 1. The van der Waals surface area contributed by atoms with Gasteiger partial charge in [-0.3, -0.25) is 0 Å². The normalized spacial score (nSPS) is 14.9. The standard InChI is InChI=1S/C22H30N4O4S/c1-17-14-18(2)16-19(15-17)24-22(27)23-8-13-31(28,29)26-11-9-25(10-12-26)20-4-6-21(30-3)7-5-20/h4-7,14-16H,8-13H2,1-3H3,(H2,23,24,27). The van der Waals surface area contributed by atoms with E-state index in [-0.39, 0.29) is 12.3 Å². The summed E-state index contributed by atoms with van der Waals surface area (Å²) in [5, 5.41) is 5.38. The van der Waals surface area contributed by atoms with Gasteiger partial charge in [-0.25, -0.2) is 13.2 Å². The molecular weight excluding hydrogens is 416 g/mol. The third kappa shape index (κ3) is 6.35. The molecular formula is C22H30N4O4S. The van der Waals surface area contributed by atoms with Crippen LogP contribution in [0.3, 0.4) is 0 Å². The number of ether oxygens (including phenoxy) is 1. The van der Waals surface area contributed by atoms with E-state index in [1.807, 2.05) is 56.3 Å². The minimum atomic E-state index is -3.44. The fourth-order valence-corrected chi connectivity index (χ4v) is 5.00. The maximum Gasteiger partial charge on any atom is 0.319 e. The van der Waals surface area contributed by atoms with Crippen LogP contribution in [0, 0.1) is 13.8 Å². The molecule has 0 unspecified atom stereocenters. The second-order valence-electron chi connectivity index (χ2n) is 7.66. The number of benzene rings is 2. The van der Waals surface area contributed by atoms with Crippen molar-refractivity contribution in [2.75, 3.05) is 55.8 Å². The molecule has 1 saturated heterocycles. The predicted molar refractivity (Wildman–Crippen MR) is 124 cm³/mol. The molecule has 1 aliphatic rings. The van der Waals surface area contributed by atoms with Gasteiger partial charge in [-0.15, -0.1) is 0 Å². The zero-order chi connectivity index (χ0) is 22.4. The number of hydrogen-bond donors (Lipinski definition) is 2. The van der Waals surface area contributed by atoms with Crippen LogP contribution in [0.15, 0.2) is 42.5 Å². The predicted octanol–water partition coefficient (Wildman–Crippen LogP) is 2.59. The molecule has 1 heterocycles. The molecule has 31 heavy (non-hydrogen) atoms. The number of rotatable bonds is 7. The second kappa shape index (κ2) is 10.0. The average Bonchev–Trinajstić information content (AvgIpc) is 2.73. The van der Waals surface area contributed by atoms with Crippen molar-refractivity contribution in [2.24, 2.45) is 0 Å². The van der Waals surface area contributed by atoms with E-state index in [0.29, 0.717) is 31.9 Å². The van der Waals surface area contributed by atoms with Gasteiger partial charge in [0.05, 0.1) is 12.9 Å². The summed E-state index contributed by atoms with van der Waals surface area (Å²) in [6.45, 7) is 6.04. The molecule has 8 nitrogen and oxygen atoms in total. The Labute approximate surface area is 184 Å². The first-order chi connectivity index (χ1) is 14.8. The topological polar surface area (TPSA) is 91.0 Å². The van der Waals surface area contributed by atoms with Crippen LogP contribution in [-0.2, 0) is 10.0 Å². The molecule has 1 fully saturated rings. The van der Waals surface area contributed by atoms with Crippen LogP contribution >= 0.6 is 0 Å². The zero-order valence-corrected chi connectivity index (χ0v) is 19.0. The molecule has 2 aromatic rings. The first-order valence-corrected chi connectivity index (χ1v) is 11.9.